The summed E-state index contributed by atoms with van der Waals surface area (Å²) >= 11 is 7.66. The summed E-state index contributed by atoms with van der Waals surface area (Å²) in [6.45, 7) is 5.71. The fraction of sp³-hybridized carbons (Fsp3) is 0.286. The van der Waals surface area contributed by atoms with Gasteiger partial charge in [-0.15, -0.1) is 11.3 Å². The normalized spacial score (nSPS) is 17.4. The van der Waals surface area contributed by atoms with Crippen LogP contribution >= 0.6 is 22.9 Å². The number of hydrogen-bond donors (Lipinski definition) is 1. The molecule has 2 aromatic heterocycles. The van der Waals surface area contributed by atoms with Crippen LogP contribution in [0.4, 0.5) is 21.4 Å². The van der Waals surface area contributed by atoms with E-state index < -0.39 is 0 Å². The van der Waals surface area contributed by atoms with Crippen molar-refractivity contribution in [2.75, 3.05) is 28.2 Å². The molecule has 29 heavy (non-hydrogen) atoms. The first-order chi connectivity index (χ1) is 14.0. The highest BCUT2D eigenvalue weighted by molar-refractivity contribution is 7.15. The van der Waals surface area contributed by atoms with Crippen molar-refractivity contribution in [2.45, 2.75) is 26.3 Å². The van der Waals surface area contributed by atoms with Gasteiger partial charge in [-0.3, -0.25) is 10.2 Å². The second kappa shape index (κ2) is 7.00. The summed E-state index contributed by atoms with van der Waals surface area (Å²) in [6, 6.07) is 11.6. The van der Waals surface area contributed by atoms with Crippen molar-refractivity contribution in [3.63, 3.8) is 0 Å². The van der Waals surface area contributed by atoms with Crippen LogP contribution in [0.3, 0.4) is 0 Å². The molecule has 1 saturated heterocycles. The minimum Gasteiger partial charge on any atom is -0.366 e. The summed E-state index contributed by atoms with van der Waals surface area (Å²) in [5.41, 5.74) is 3.66. The number of urea groups is 1. The van der Waals surface area contributed by atoms with Gasteiger partial charge < -0.3 is 4.90 Å². The lowest BCUT2D eigenvalue weighted by atomic mass is 10.1. The number of carbonyl (C=O) groups excluding carboxylic acids is 1. The number of anilines is 3. The minimum absolute atomic E-state index is 0.103. The first-order valence-electron chi connectivity index (χ1n) is 9.56. The maximum Gasteiger partial charge on any atom is 0.329 e. The predicted molar refractivity (Wildman–Crippen MR) is 118 cm³/mol. The predicted octanol–water partition coefficient (Wildman–Crippen LogP) is 5.11. The fourth-order valence-electron chi connectivity index (χ4n) is 3.96. The number of benzene rings is 1. The number of fused-ring (bicyclic) bond motifs is 4. The van der Waals surface area contributed by atoms with Crippen LogP contribution in [-0.4, -0.2) is 35.1 Å². The van der Waals surface area contributed by atoms with Crippen molar-refractivity contribution < 1.29 is 4.79 Å². The van der Waals surface area contributed by atoms with Crippen LogP contribution in [0.1, 0.15) is 17.0 Å². The van der Waals surface area contributed by atoms with E-state index in [1.54, 1.807) is 4.90 Å². The van der Waals surface area contributed by atoms with E-state index in [9.17, 15) is 4.79 Å². The number of carbonyl (C=O) groups is 1. The van der Waals surface area contributed by atoms with E-state index in [-0.39, 0.29) is 12.1 Å². The molecule has 2 amide bonds. The number of halogens is 1. The molecular weight excluding hydrogens is 406 g/mol. The van der Waals surface area contributed by atoms with Crippen LogP contribution in [0.15, 0.2) is 36.4 Å². The summed E-state index contributed by atoms with van der Waals surface area (Å²) in [5, 5.41) is 4.27. The number of nitrogens with zero attached hydrogens (tertiary/aromatic N) is 4. The van der Waals surface area contributed by atoms with Crippen molar-refractivity contribution in [3.8, 4) is 11.3 Å². The van der Waals surface area contributed by atoms with Crippen LogP contribution < -0.4 is 15.1 Å². The second-order valence-electron chi connectivity index (χ2n) is 7.40. The Kier molecular flexibility index (Phi) is 4.44. The highest BCUT2D eigenvalue weighted by atomic mass is 35.5. The molecule has 1 fully saturated rings. The number of hydrogen-bond acceptors (Lipinski definition) is 5. The molecule has 6 nitrogen and oxygen atoms in total. The molecule has 1 N–H and O–H groups in total. The molecule has 0 radical (unpaired) electrons. The Balaban J connectivity index is 1.53. The van der Waals surface area contributed by atoms with Gasteiger partial charge in [0.05, 0.1) is 23.1 Å². The van der Waals surface area contributed by atoms with Crippen LogP contribution in [0.2, 0.25) is 5.02 Å². The lowest BCUT2D eigenvalue weighted by molar-refractivity contribution is 0.255. The van der Waals surface area contributed by atoms with Gasteiger partial charge in [-0.1, -0.05) is 23.7 Å². The van der Waals surface area contributed by atoms with E-state index in [0.717, 1.165) is 47.0 Å². The summed E-state index contributed by atoms with van der Waals surface area (Å²) in [5.74, 6) is 0.693. The Morgan fingerprint density at radius 3 is 2.86 bits per heavy atom. The molecule has 2 bridgehead atoms. The Hall–Kier alpha value is -2.64. The highest BCUT2D eigenvalue weighted by Gasteiger charge is 2.40. The largest absolute Gasteiger partial charge is 0.366 e. The molecule has 2 aliphatic heterocycles. The third-order valence-electron chi connectivity index (χ3n) is 5.53. The van der Waals surface area contributed by atoms with E-state index >= 15 is 0 Å². The molecule has 2 aliphatic rings. The Morgan fingerprint density at radius 2 is 2.10 bits per heavy atom. The van der Waals surface area contributed by atoms with Gasteiger partial charge in [-0.2, -0.15) is 0 Å². The average molecular weight is 426 g/mol. The zero-order chi connectivity index (χ0) is 20.1. The smallest absolute Gasteiger partial charge is 0.329 e. The first-order valence-corrected chi connectivity index (χ1v) is 10.8. The van der Waals surface area contributed by atoms with E-state index in [2.05, 4.69) is 21.3 Å². The van der Waals surface area contributed by atoms with Gasteiger partial charge in [0.15, 0.2) is 10.9 Å². The third kappa shape index (κ3) is 3.24. The highest BCUT2D eigenvalue weighted by Crippen LogP contribution is 2.40. The lowest BCUT2D eigenvalue weighted by Crippen LogP contribution is -2.48. The fourth-order valence-corrected chi connectivity index (χ4v) is 4.95. The van der Waals surface area contributed by atoms with Gasteiger partial charge in [0.1, 0.15) is 0 Å². The molecule has 0 saturated carbocycles. The van der Waals surface area contributed by atoms with Crippen molar-refractivity contribution in [2.24, 2.45) is 0 Å². The Bertz CT molecular complexity index is 1090. The van der Waals surface area contributed by atoms with Crippen molar-refractivity contribution in [1.29, 1.82) is 0 Å². The molecule has 8 heteroatoms. The van der Waals surface area contributed by atoms with E-state index in [1.165, 1.54) is 11.3 Å². The van der Waals surface area contributed by atoms with Crippen LogP contribution in [0.25, 0.3) is 11.3 Å². The summed E-state index contributed by atoms with van der Waals surface area (Å²) in [6.07, 6.45) is 0.923. The minimum atomic E-state index is -0.178. The van der Waals surface area contributed by atoms with E-state index in [0.29, 0.717) is 16.0 Å². The SMILES string of the molecule is Cc1nc(NC(=O)N2c3nc(-c4cccc(Cl)c4)ccc3N3CC[C@H]2C3)sc1C. The van der Waals surface area contributed by atoms with Crippen molar-refractivity contribution in [1.82, 2.24) is 9.97 Å². The molecule has 0 unspecified atom stereocenters. The Morgan fingerprint density at radius 1 is 1.24 bits per heavy atom. The maximum atomic E-state index is 13.2. The monoisotopic (exact) mass is 425 g/mol. The van der Waals surface area contributed by atoms with Crippen LogP contribution in [0.5, 0.6) is 0 Å². The van der Waals surface area contributed by atoms with Gasteiger partial charge in [-0.25, -0.2) is 14.8 Å². The molecule has 4 heterocycles. The van der Waals surface area contributed by atoms with Crippen LogP contribution in [0, 0.1) is 13.8 Å². The van der Waals surface area contributed by atoms with Gasteiger partial charge in [0.25, 0.3) is 0 Å². The Labute approximate surface area is 178 Å². The second-order valence-corrected chi connectivity index (χ2v) is 9.04. The van der Waals surface area contributed by atoms with Gasteiger partial charge in [0, 0.05) is 28.6 Å². The number of aromatic nitrogens is 2. The van der Waals surface area contributed by atoms with Crippen LogP contribution in [-0.2, 0) is 0 Å². The lowest BCUT2D eigenvalue weighted by Gasteiger charge is -2.35. The first kappa shape index (κ1) is 18.4. The van der Waals surface area contributed by atoms with Crippen molar-refractivity contribution >= 4 is 45.6 Å². The molecule has 1 atom stereocenters. The molecule has 148 valence electrons. The maximum absolute atomic E-state index is 13.2. The average Bonchev–Trinajstić information content (AvgIpc) is 3.25. The molecular formula is C21H20ClN5OS. The summed E-state index contributed by atoms with van der Waals surface area (Å²) in [4.78, 5) is 27.8. The molecule has 1 aromatic carbocycles. The van der Waals surface area contributed by atoms with E-state index in [1.807, 2.05) is 44.2 Å². The number of rotatable bonds is 2. The number of pyridine rings is 1. The van der Waals surface area contributed by atoms with Crippen molar-refractivity contribution in [3.05, 3.63) is 52.0 Å². The topological polar surface area (TPSA) is 61.4 Å². The van der Waals surface area contributed by atoms with E-state index in [4.69, 9.17) is 16.6 Å². The van der Waals surface area contributed by atoms with Gasteiger partial charge in [-0.05, 0) is 44.5 Å². The molecule has 3 aromatic rings. The standard InChI is InChI=1S/C21H20ClN5OS/c1-12-13(2)29-20(23-12)25-21(28)27-16-8-9-26(11-16)18-7-6-17(24-19(18)27)14-4-3-5-15(22)10-14/h3-7,10,16H,8-9,11H2,1-2H3,(H,23,25,28)/t16-/m0/s1. The quantitative estimate of drug-likeness (QED) is 0.620. The number of amides is 2. The summed E-state index contributed by atoms with van der Waals surface area (Å²) < 4.78 is 0. The number of thiazole rings is 1. The zero-order valence-electron chi connectivity index (χ0n) is 16.1. The number of nitrogens with one attached hydrogen (secondary N) is 1. The van der Waals surface area contributed by atoms with Gasteiger partial charge >= 0.3 is 6.03 Å². The zero-order valence-corrected chi connectivity index (χ0v) is 17.7. The third-order valence-corrected chi connectivity index (χ3v) is 6.76. The summed E-state index contributed by atoms with van der Waals surface area (Å²) in [7, 11) is 0. The molecule has 5 rings (SSSR count). The number of aryl methyl sites for hydroxylation is 2. The van der Waals surface area contributed by atoms with Gasteiger partial charge in [0.2, 0.25) is 0 Å². The molecule has 0 aliphatic carbocycles. The molecule has 0 spiro atoms.